The Labute approximate surface area is 134 Å². The van der Waals surface area contributed by atoms with E-state index in [-0.39, 0.29) is 25.0 Å². The van der Waals surface area contributed by atoms with E-state index in [9.17, 15) is 9.59 Å². The quantitative estimate of drug-likeness (QED) is 0.814. The normalized spacial score (nSPS) is 12.1. The van der Waals surface area contributed by atoms with Crippen molar-refractivity contribution in [3.8, 4) is 0 Å². The number of amides is 1. The highest BCUT2D eigenvalue weighted by Gasteiger charge is 2.15. The number of hydrogen-bond acceptors (Lipinski definition) is 3. The zero-order valence-corrected chi connectivity index (χ0v) is 13.8. The molecule has 1 aromatic carbocycles. The number of halogens is 2. The molecule has 1 aromatic rings. The summed E-state index contributed by atoms with van der Waals surface area (Å²) >= 11 is 11.9. The number of carbonyl (C=O) groups is 2. The van der Waals surface area contributed by atoms with Gasteiger partial charge in [0.05, 0.1) is 6.42 Å². The zero-order valence-electron chi connectivity index (χ0n) is 12.3. The molecule has 1 rings (SSSR count). The third-order valence-electron chi connectivity index (χ3n) is 3.14. The van der Waals surface area contributed by atoms with Gasteiger partial charge >= 0.3 is 5.97 Å². The Morgan fingerprint density at radius 2 is 1.76 bits per heavy atom. The lowest BCUT2D eigenvalue weighted by molar-refractivity contribution is -0.148. The molecule has 21 heavy (non-hydrogen) atoms. The molecule has 1 atom stereocenters. The van der Waals surface area contributed by atoms with Crippen LogP contribution in [0.3, 0.4) is 0 Å². The summed E-state index contributed by atoms with van der Waals surface area (Å²) in [6.45, 7) is 5.58. The Morgan fingerprint density at radius 3 is 2.29 bits per heavy atom. The molecule has 0 unspecified atom stereocenters. The van der Waals surface area contributed by atoms with Crippen LogP contribution in [-0.2, 0) is 20.7 Å². The first kappa shape index (κ1) is 17.8. The number of rotatable bonds is 6. The predicted octanol–water partition coefficient (Wildman–Crippen LogP) is 3.24. The smallest absolute Gasteiger partial charge is 0.310 e. The van der Waals surface area contributed by atoms with Gasteiger partial charge in [-0.15, -0.1) is 0 Å². The van der Waals surface area contributed by atoms with Gasteiger partial charge in [-0.25, -0.2) is 0 Å². The molecular weight excluding hydrogens is 313 g/mol. The molecule has 0 bridgehead atoms. The van der Waals surface area contributed by atoms with Gasteiger partial charge in [-0.05, 0) is 25.0 Å². The summed E-state index contributed by atoms with van der Waals surface area (Å²) in [5.41, 5.74) is 0.502. The van der Waals surface area contributed by atoms with Gasteiger partial charge in [-0.2, -0.15) is 0 Å². The highest BCUT2D eigenvalue weighted by atomic mass is 35.5. The standard InChI is InChI=1S/C15H19Cl2NO3/c1-9(2)10(3)18-14(19)8-21-15(20)7-11-12(16)5-4-6-13(11)17/h4-6,9-10H,7-8H2,1-3H3,(H,18,19)/t10-/m1/s1. The minimum atomic E-state index is -0.544. The number of ether oxygens (including phenoxy) is 1. The van der Waals surface area contributed by atoms with Crippen LogP contribution in [0.1, 0.15) is 26.3 Å². The summed E-state index contributed by atoms with van der Waals surface area (Å²) in [4.78, 5) is 23.3. The van der Waals surface area contributed by atoms with E-state index in [0.29, 0.717) is 21.5 Å². The van der Waals surface area contributed by atoms with Crippen molar-refractivity contribution >= 4 is 35.1 Å². The Morgan fingerprint density at radius 1 is 1.19 bits per heavy atom. The van der Waals surface area contributed by atoms with Gasteiger partial charge in [0.15, 0.2) is 6.61 Å². The van der Waals surface area contributed by atoms with E-state index < -0.39 is 5.97 Å². The second-order valence-corrected chi connectivity index (χ2v) is 5.95. The van der Waals surface area contributed by atoms with Crippen LogP contribution in [0.15, 0.2) is 18.2 Å². The van der Waals surface area contributed by atoms with Gasteiger partial charge in [-0.1, -0.05) is 43.1 Å². The molecule has 0 radical (unpaired) electrons. The van der Waals surface area contributed by atoms with E-state index in [1.54, 1.807) is 18.2 Å². The Bertz CT molecular complexity index is 497. The second-order valence-electron chi connectivity index (χ2n) is 5.14. The predicted molar refractivity (Wildman–Crippen MR) is 83.6 cm³/mol. The zero-order chi connectivity index (χ0) is 16.0. The number of hydrogen-bond donors (Lipinski definition) is 1. The van der Waals surface area contributed by atoms with Crippen LogP contribution in [0.5, 0.6) is 0 Å². The van der Waals surface area contributed by atoms with Crippen LogP contribution in [0.4, 0.5) is 0 Å². The fourth-order valence-electron chi connectivity index (χ4n) is 1.50. The number of nitrogens with one attached hydrogen (secondary N) is 1. The lowest BCUT2D eigenvalue weighted by Gasteiger charge is -2.17. The Hall–Kier alpha value is -1.26. The molecule has 0 spiro atoms. The topological polar surface area (TPSA) is 55.4 Å². The van der Waals surface area contributed by atoms with Crippen molar-refractivity contribution in [2.45, 2.75) is 33.2 Å². The van der Waals surface area contributed by atoms with E-state index >= 15 is 0 Å². The molecule has 6 heteroatoms. The van der Waals surface area contributed by atoms with Crippen molar-refractivity contribution in [2.75, 3.05) is 6.61 Å². The molecular formula is C15H19Cl2NO3. The van der Waals surface area contributed by atoms with E-state index in [4.69, 9.17) is 27.9 Å². The van der Waals surface area contributed by atoms with Crippen molar-refractivity contribution in [1.82, 2.24) is 5.32 Å². The molecule has 1 N–H and O–H groups in total. The van der Waals surface area contributed by atoms with Crippen molar-refractivity contribution in [3.63, 3.8) is 0 Å². The third kappa shape index (κ3) is 5.94. The monoisotopic (exact) mass is 331 g/mol. The molecule has 0 fully saturated rings. The van der Waals surface area contributed by atoms with Crippen LogP contribution in [0.25, 0.3) is 0 Å². The number of carbonyl (C=O) groups excluding carboxylic acids is 2. The third-order valence-corrected chi connectivity index (χ3v) is 3.84. The summed E-state index contributed by atoms with van der Waals surface area (Å²) < 4.78 is 4.93. The van der Waals surface area contributed by atoms with Gasteiger partial charge in [-0.3, -0.25) is 9.59 Å². The van der Waals surface area contributed by atoms with Gasteiger partial charge in [0.2, 0.25) is 0 Å². The highest BCUT2D eigenvalue weighted by molar-refractivity contribution is 6.36. The molecule has 0 heterocycles. The van der Waals surface area contributed by atoms with E-state index in [0.717, 1.165) is 0 Å². The van der Waals surface area contributed by atoms with Crippen LogP contribution >= 0.6 is 23.2 Å². The van der Waals surface area contributed by atoms with E-state index in [1.807, 2.05) is 20.8 Å². The molecule has 0 saturated heterocycles. The van der Waals surface area contributed by atoms with Gasteiger partial charge in [0, 0.05) is 21.7 Å². The number of esters is 1. The summed E-state index contributed by atoms with van der Waals surface area (Å²) in [6.07, 6.45) is -0.0640. The van der Waals surface area contributed by atoms with Crippen LogP contribution in [-0.4, -0.2) is 24.5 Å². The molecule has 0 aliphatic rings. The van der Waals surface area contributed by atoms with Crippen molar-refractivity contribution in [2.24, 2.45) is 5.92 Å². The lowest BCUT2D eigenvalue weighted by Crippen LogP contribution is -2.38. The fourth-order valence-corrected chi connectivity index (χ4v) is 2.04. The first-order valence-corrected chi connectivity index (χ1v) is 7.44. The Kier molecular flexibility index (Phi) is 6.99. The second kappa shape index (κ2) is 8.25. The maximum absolute atomic E-state index is 11.7. The lowest BCUT2D eigenvalue weighted by atomic mass is 10.1. The van der Waals surface area contributed by atoms with Crippen LogP contribution < -0.4 is 5.32 Å². The van der Waals surface area contributed by atoms with Crippen LogP contribution in [0.2, 0.25) is 10.0 Å². The Balaban J connectivity index is 2.46. The first-order valence-electron chi connectivity index (χ1n) is 6.69. The molecule has 0 aliphatic carbocycles. The summed E-state index contributed by atoms with van der Waals surface area (Å²) in [7, 11) is 0. The van der Waals surface area contributed by atoms with E-state index in [2.05, 4.69) is 5.32 Å². The highest BCUT2D eigenvalue weighted by Crippen LogP contribution is 2.24. The van der Waals surface area contributed by atoms with Gasteiger partial charge < -0.3 is 10.1 Å². The molecule has 0 aromatic heterocycles. The summed E-state index contributed by atoms with van der Waals surface area (Å²) in [6, 6.07) is 5.01. The molecule has 4 nitrogen and oxygen atoms in total. The molecule has 116 valence electrons. The SMILES string of the molecule is CC(C)[C@@H](C)NC(=O)COC(=O)Cc1c(Cl)cccc1Cl. The molecule has 1 amide bonds. The molecule has 0 aliphatic heterocycles. The maximum Gasteiger partial charge on any atom is 0.310 e. The molecule has 0 saturated carbocycles. The van der Waals surface area contributed by atoms with Crippen molar-refractivity contribution in [3.05, 3.63) is 33.8 Å². The number of benzene rings is 1. The van der Waals surface area contributed by atoms with Crippen molar-refractivity contribution in [1.29, 1.82) is 0 Å². The average Bonchev–Trinajstić information content (AvgIpc) is 2.40. The minimum Gasteiger partial charge on any atom is -0.455 e. The van der Waals surface area contributed by atoms with Crippen molar-refractivity contribution < 1.29 is 14.3 Å². The van der Waals surface area contributed by atoms with Gasteiger partial charge in [0.1, 0.15) is 0 Å². The largest absolute Gasteiger partial charge is 0.455 e. The van der Waals surface area contributed by atoms with Gasteiger partial charge in [0.25, 0.3) is 5.91 Å². The minimum absolute atomic E-state index is 0.0224. The van der Waals surface area contributed by atoms with E-state index in [1.165, 1.54) is 0 Å². The summed E-state index contributed by atoms with van der Waals surface area (Å²) in [5.74, 6) is -0.557. The fraction of sp³-hybridized carbons (Fsp3) is 0.467. The van der Waals surface area contributed by atoms with Crippen LogP contribution in [0, 0.1) is 5.92 Å². The first-order chi connectivity index (χ1) is 9.81. The summed E-state index contributed by atoms with van der Waals surface area (Å²) in [5, 5.41) is 3.55. The maximum atomic E-state index is 11.7. The average molecular weight is 332 g/mol.